The topological polar surface area (TPSA) is 70.7 Å². The lowest BCUT2D eigenvalue weighted by Crippen LogP contribution is -2.46. The highest BCUT2D eigenvalue weighted by Gasteiger charge is 2.33. The van der Waals surface area contributed by atoms with Crippen LogP contribution in [-0.2, 0) is 11.3 Å². The minimum absolute atomic E-state index is 0.0727. The Morgan fingerprint density at radius 3 is 2.63 bits per heavy atom. The molecular weight excluding hydrogens is 342 g/mol. The third kappa shape index (κ3) is 4.58. The highest BCUT2D eigenvalue weighted by molar-refractivity contribution is 6.01. The first kappa shape index (κ1) is 18.8. The molecule has 0 spiro atoms. The van der Waals surface area contributed by atoms with Gasteiger partial charge in [0.25, 0.3) is 0 Å². The summed E-state index contributed by atoms with van der Waals surface area (Å²) in [4.78, 5) is 26.6. The molecule has 2 N–H and O–H groups in total. The van der Waals surface area contributed by atoms with Crippen molar-refractivity contribution in [3.8, 4) is 5.75 Å². The molecule has 1 saturated heterocycles. The van der Waals surface area contributed by atoms with Gasteiger partial charge in [-0.3, -0.25) is 4.79 Å². The van der Waals surface area contributed by atoms with E-state index in [9.17, 15) is 9.59 Å². The van der Waals surface area contributed by atoms with Crippen LogP contribution in [0.25, 0.3) is 0 Å². The van der Waals surface area contributed by atoms with E-state index in [1.807, 2.05) is 50.2 Å². The first-order chi connectivity index (χ1) is 13.0. The van der Waals surface area contributed by atoms with E-state index >= 15 is 0 Å². The van der Waals surface area contributed by atoms with Crippen molar-refractivity contribution in [2.45, 2.75) is 32.9 Å². The summed E-state index contributed by atoms with van der Waals surface area (Å²) < 4.78 is 5.18. The van der Waals surface area contributed by atoms with Gasteiger partial charge in [-0.15, -0.1) is 0 Å². The zero-order chi connectivity index (χ0) is 19.4. The Kier molecular flexibility index (Phi) is 5.64. The number of nitrogens with zero attached hydrogens (tertiary/aromatic N) is 1. The van der Waals surface area contributed by atoms with Crippen LogP contribution in [0.5, 0.6) is 5.75 Å². The minimum Gasteiger partial charge on any atom is -0.497 e. The summed E-state index contributed by atoms with van der Waals surface area (Å²) in [5.74, 6) is 0.668. The SMILES string of the molecule is COc1cccc(CNC(=O)NC2CCN(c3cc(C)cc(C)c3)C2=O)c1. The lowest BCUT2D eigenvalue weighted by Gasteiger charge is -2.18. The normalized spacial score (nSPS) is 16.3. The summed E-state index contributed by atoms with van der Waals surface area (Å²) >= 11 is 0. The highest BCUT2D eigenvalue weighted by Crippen LogP contribution is 2.24. The van der Waals surface area contributed by atoms with Crippen LogP contribution in [0.1, 0.15) is 23.1 Å². The van der Waals surface area contributed by atoms with E-state index in [0.717, 1.165) is 28.1 Å². The zero-order valence-electron chi connectivity index (χ0n) is 15.9. The number of methoxy groups -OCH3 is 1. The van der Waals surface area contributed by atoms with Crippen molar-refractivity contribution in [3.05, 3.63) is 59.2 Å². The number of carbonyl (C=O) groups is 2. The second kappa shape index (κ2) is 8.12. The number of nitrogens with one attached hydrogen (secondary N) is 2. The Morgan fingerprint density at radius 1 is 1.19 bits per heavy atom. The molecule has 142 valence electrons. The number of amides is 3. The molecule has 0 saturated carbocycles. The third-order valence-electron chi connectivity index (χ3n) is 4.62. The Balaban J connectivity index is 1.56. The van der Waals surface area contributed by atoms with Gasteiger partial charge >= 0.3 is 6.03 Å². The second-order valence-corrected chi connectivity index (χ2v) is 6.86. The number of hydrogen-bond acceptors (Lipinski definition) is 3. The molecule has 1 aliphatic rings. The second-order valence-electron chi connectivity index (χ2n) is 6.86. The number of urea groups is 1. The molecule has 3 amide bonds. The van der Waals surface area contributed by atoms with E-state index in [1.54, 1.807) is 12.0 Å². The van der Waals surface area contributed by atoms with E-state index in [2.05, 4.69) is 16.7 Å². The van der Waals surface area contributed by atoms with Crippen molar-refractivity contribution in [1.29, 1.82) is 0 Å². The molecule has 1 heterocycles. The Hall–Kier alpha value is -3.02. The van der Waals surface area contributed by atoms with Gasteiger partial charge in [-0.05, 0) is 61.2 Å². The number of hydrogen-bond donors (Lipinski definition) is 2. The fraction of sp³-hybridized carbons (Fsp3) is 0.333. The molecule has 27 heavy (non-hydrogen) atoms. The summed E-state index contributed by atoms with van der Waals surface area (Å²) in [5, 5.41) is 5.58. The molecule has 6 nitrogen and oxygen atoms in total. The van der Waals surface area contributed by atoms with E-state index in [0.29, 0.717) is 19.5 Å². The van der Waals surface area contributed by atoms with E-state index < -0.39 is 6.04 Å². The van der Waals surface area contributed by atoms with Gasteiger partial charge in [-0.25, -0.2) is 4.79 Å². The van der Waals surface area contributed by atoms with Crippen LogP contribution in [0.2, 0.25) is 0 Å². The van der Waals surface area contributed by atoms with Gasteiger partial charge in [0.1, 0.15) is 11.8 Å². The Morgan fingerprint density at radius 2 is 1.93 bits per heavy atom. The standard InChI is InChI=1S/C21H25N3O3/c1-14-9-15(2)11-17(10-14)24-8-7-19(20(24)25)23-21(26)22-13-16-5-4-6-18(12-16)27-3/h4-6,9-12,19H,7-8,13H2,1-3H3,(H2,22,23,26). The molecule has 1 unspecified atom stereocenters. The Labute approximate surface area is 159 Å². The molecule has 2 aromatic carbocycles. The monoisotopic (exact) mass is 367 g/mol. The molecule has 1 fully saturated rings. The molecular formula is C21H25N3O3. The molecule has 0 aliphatic carbocycles. The van der Waals surface area contributed by atoms with E-state index in [-0.39, 0.29) is 11.9 Å². The van der Waals surface area contributed by atoms with Crippen molar-refractivity contribution >= 4 is 17.6 Å². The van der Waals surface area contributed by atoms with Crippen LogP contribution in [0.4, 0.5) is 10.5 Å². The maximum Gasteiger partial charge on any atom is 0.315 e. The maximum absolute atomic E-state index is 12.7. The average Bonchev–Trinajstić information content (AvgIpc) is 3.00. The van der Waals surface area contributed by atoms with Crippen molar-refractivity contribution in [2.24, 2.45) is 0 Å². The lowest BCUT2D eigenvalue weighted by molar-refractivity contribution is -0.118. The molecule has 1 atom stereocenters. The van der Waals surface area contributed by atoms with Crippen LogP contribution in [0, 0.1) is 13.8 Å². The van der Waals surface area contributed by atoms with Crippen molar-refractivity contribution in [3.63, 3.8) is 0 Å². The molecule has 0 aromatic heterocycles. The number of aryl methyl sites for hydroxylation is 2. The zero-order valence-corrected chi connectivity index (χ0v) is 15.9. The number of carbonyl (C=O) groups excluding carboxylic acids is 2. The summed E-state index contributed by atoms with van der Waals surface area (Å²) in [7, 11) is 1.60. The average molecular weight is 367 g/mol. The smallest absolute Gasteiger partial charge is 0.315 e. The van der Waals surface area contributed by atoms with Crippen molar-refractivity contribution < 1.29 is 14.3 Å². The minimum atomic E-state index is -0.504. The first-order valence-electron chi connectivity index (χ1n) is 9.03. The molecule has 0 radical (unpaired) electrons. The van der Waals surface area contributed by atoms with Crippen LogP contribution in [0.15, 0.2) is 42.5 Å². The number of rotatable bonds is 5. The summed E-state index contributed by atoms with van der Waals surface area (Å²) in [6, 6.07) is 12.7. The van der Waals surface area contributed by atoms with Crippen molar-refractivity contribution in [2.75, 3.05) is 18.6 Å². The number of benzene rings is 2. The molecule has 2 aromatic rings. The van der Waals surface area contributed by atoms with Gasteiger partial charge < -0.3 is 20.3 Å². The van der Waals surface area contributed by atoms with Crippen molar-refractivity contribution in [1.82, 2.24) is 10.6 Å². The van der Waals surface area contributed by atoms with Gasteiger partial charge in [0.2, 0.25) is 5.91 Å². The first-order valence-corrected chi connectivity index (χ1v) is 9.03. The fourth-order valence-electron chi connectivity index (χ4n) is 3.35. The van der Waals surface area contributed by atoms with Crippen LogP contribution >= 0.6 is 0 Å². The molecule has 1 aliphatic heterocycles. The van der Waals surface area contributed by atoms with E-state index in [1.165, 1.54) is 0 Å². The van der Waals surface area contributed by atoms with Gasteiger partial charge in [-0.2, -0.15) is 0 Å². The predicted molar refractivity (Wildman–Crippen MR) is 105 cm³/mol. The lowest BCUT2D eigenvalue weighted by atomic mass is 10.1. The number of anilines is 1. The summed E-state index contributed by atoms with van der Waals surface area (Å²) in [6.45, 7) is 4.99. The van der Waals surface area contributed by atoms with Gasteiger partial charge in [0.15, 0.2) is 0 Å². The largest absolute Gasteiger partial charge is 0.497 e. The molecule has 6 heteroatoms. The molecule has 0 bridgehead atoms. The van der Waals surface area contributed by atoms with Gasteiger partial charge in [-0.1, -0.05) is 18.2 Å². The number of ether oxygens (including phenoxy) is 1. The summed E-state index contributed by atoms with van der Waals surface area (Å²) in [5.41, 5.74) is 4.05. The quantitative estimate of drug-likeness (QED) is 0.854. The third-order valence-corrected chi connectivity index (χ3v) is 4.62. The Bertz CT molecular complexity index is 830. The maximum atomic E-state index is 12.7. The van der Waals surface area contributed by atoms with Crippen LogP contribution in [-0.4, -0.2) is 31.6 Å². The van der Waals surface area contributed by atoms with Crippen LogP contribution < -0.4 is 20.3 Å². The van der Waals surface area contributed by atoms with E-state index in [4.69, 9.17) is 4.74 Å². The van der Waals surface area contributed by atoms with Gasteiger partial charge in [0.05, 0.1) is 7.11 Å². The highest BCUT2D eigenvalue weighted by atomic mass is 16.5. The van der Waals surface area contributed by atoms with Crippen LogP contribution in [0.3, 0.4) is 0 Å². The predicted octanol–water partition coefficient (Wildman–Crippen LogP) is 2.92. The molecule has 3 rings (SSSR count). The van der Waals surface area contributed by atoms with Gasteiger partial charge in [0, 0.05) is 18.8 Å². The summed E-state index contributed by atoms with van der Waals surface area (Å²) in [6.07, 6.45) is 0.596. The fourth-order valence-corrected chi connectivity index (χ4v) is 3.35.